The molecule has 0 aliphatic rings. The van der Waals surface area contributed by atoms with E-state index in [1.807, 2.05) is 24.3 Å². The van der Waals surface area contributed by atoms with Gasteiger partial charge in [-0.15, -0.1) is 0 Å². The fourth-order valence-electron chi connectivity index (χ4n) is 1.99. The minimum Gasteiger partial charge on any atom is -0.497 e. The molecule has 0 heterocycles. The average Bonchev–Trinajstić information content (AvgIpc) is 2.64. The van der Waals surface area contributed by atoms with Gasteiger partial charge in [0.2, 0.25) is 10.0 Å². The molecule has 2 aromatic rings. The first-order chi connectivity index (χ1) is 12.5. The monoisotopic (exact) mass is 439 g/mol. The summed E-state index contributed by atoms with van der Waals surface area (Å²) in [5.74, 6) is 6.79. The minimum atomic E-state index is -3.79. The van der Waals surface area contributed by atoms with E-state index in [9.17, 15) is 8.42 Å². The standard InChI is InChI=1S/C18H18BrNO5S/c1-23-15-8-9-17(24-2)18(13-15)26(21,22)20-10-3-4-11-25-16-7-5-6-14(19)12-16/h5-9,12-13,20H,10-11H2,1-2H3. The van der Waals surface area contributed by atoms with Crippen LogP contribution in [0.4, 0.5) is 0 Å². The van der Waals surface area contributed by atoms with Crippen LogP contribution in [0.1, 0.15) is 0 Å². The van der Waals surface area contributed by atoms with Crippen LogP contribution in [-0.2, 0) is 10.0 Å². The van der Waals surface area contributed by atoms with Gasteiger partial charge in [0.15, 0.2) is 0 Å². The highest BCUT2D eigenvalue weighted by molar-refractivity contribution is 9.10. The summed E-state index contributed by atoms with van der Waals surface area (Å²) in [6.07, 6.45) is 0. The van der Waals surface area contributed by atoms with Gasteiger partial charge in [0.1, 0.15) is 28.8 Å². The van der Waals surface area contributed by atoms with E-state index in [0.717, 1.165) is 4.47 Å². The van der Waals surface area contributed by atoms with Crippen LogP contribution < -0.4 is 18.9 Å². The predicted molar refractivity (Wildman–Crippen MR) is 102 cm³/mol. The Kier molecular flexibility index (Phi) is 7.33. The van der Waals surface area contributed by atoms with Crippen molar-refractivity contribution in [2.75, 3.05) is 27.4 Å². The number of benzene rings is 2. The number of hydrogen-bond donors (Lipinski definition) is 1. The van der Waals surface area contributed by atoms with Gasteiger partial charge in [-0.2, -0.15) is 4.72 Å². The summed E-state index contributed by atoms with van der Waals surface area (Å²) >= 11 is 3.35. The molecule has 0 saturated heterocycles. The summed E-state index contributed by atoms with van der Waals surface area (Å²) < 4.78 is 43.8. The molecule has 26 heavy (non-hydrogen) atoms. The molecule has 0 fully saturated rings. The van der Waals surface area contributed by atoms with Gasteiger partial charge in [-0.05, 0) is 30.3 Å². The molecule has 8 heteroatoms. The van der Waals surface area contributed by atoms with E-state index in [-0.39, 0.29) is 23.8 Å². The zero-order valence-corrected chi connectivity index (χ0v) is 16.7. The van der Waals surface area contributed by atoms with Crippen molar-refractivity contribution < 1.29 is 22.6 Å². The van der Waals surface area contributed by atoms with Crippen LogP contribution in [0.2, 0.25) is 0 Å². The molecular formula is C18H18BrNO5S. The Morgan fingerprint density at radius 3 is 2.54 bits per heavy atom. The van der Waals surface area contributed by atoms with Gasteiger partial charge in [-0.3, -0.25) is 0 Å². The van der Waals surface area contributed by atoms with Crippen molar-refractivity contribution in [3.8, 4) is 29.1 Å². The lowest BCUT2D eigenvalue weighted by atomic mass is 10.3. The van der Waals surface area contributed by atoms with Crippen LogP contribution in [-0.4, -0.2) is 35.8 Å². The minimum absolute atomic E-state index is 0.00784. The number of methoxy groups -OCH3 is 2. The SMILES string of the molecule is COc1ccc(OC)c(S(=O)(=O)NCC#CCOc2cccc(Br)c2)c1. The van der Waals surface area contributed by atoms with Gasteiger partial charge in [0.25, 0.3) is 0 Å². The van der Waals surface area contributed by atoms with Crippen molar-refractivity contribution in [2.24, 2.45) is 0 Å². The maximum absolute atomic E-state index is 12.4. The zero-order valence-electron chi connectivity index (χ0n) is 14.3. The Morgan fingerprint density at radius 1 is 1.04 bits per heavy atom. The molecule has 6 nitrogen and oxygen atoms in total. The third kappa shape index (κ3) is 5.66. The van der Waals surface area contributed by atoms with Crippen LogP contribution in [0.15, 0.2) is 51.8 Å². The maximum atomic E-state index is 12.4. The largest absolute Gasteiger partial charge is 0.497 e. The van der Waals surface area contributed by atoms with Crippen LogP contribution in [0, 0.1) is 11.8 Å². The lowest BCUT2D eigenvalue weighted by molar-refractivity contribution is 0.370. The van der Waals surface area contributed by atoms with Gasteiger partial charge in [0, 0.05) is 10.5 Å². The zero-order chi connectivity index (χ0) is 19.0. The molecule has 0 saturated carbocycles. The molecule has 2 rings (SSSR count). The topological polar surface area (TPSA) is 73.9 Å². The Morgan fingerprint density at radius 2 is 1.85 bits per heavy atom. The number of hydrogen-bond acceptors (Lipinski definition) is 5. The van der Waals surface area contributed by atoms with Crippen molar-refractivity contribution in [2.45, 2.75) is 4.90 Å². The maximum Gasteiger partial charge on any atom is 0.245 e. The molecule has 0 aromatic heterocycles. The second-order valence-corrected chi connectivity index (χ2v) is 7.59. The molecule has 1 N–H and O–H groups in total. The van der Waals surface area contributed by atoms with Crippen LogP contribution in [0.3, 0.4) is 0 Å². The first-order valence-corrected chi connectivity index (χ1v) is 9.79. The van der Waals surface area contributed by atoms with Crippen molar-refractivity contribution >= 4 is 26.0 Å². The lowest BCUT2D eigenvalue weighted by Gasteiger charge is -2.10. The number of nitrogens with one attached hydrogen (secondary N) is 1. The van der Waals surface area contributed by atoms with E-state index < -0.39 is 10.0 Å². The van der Waals surface area contributed by atoms with E-state index >= 15 is 0 Å². The molecule has 0 unspecified atom stereocenters. The number of ether oxygens (including phenoxy) is 3. The van der Waals surface area contributed by atoms with E-state index in [1.54, 1.807) is 6.07 Å². The summed E-state index contributed by atoms with van der Waals surface area (Å²) in [4.78, 5) is -0.00784. The molecule has 0 aliphatic carbocycles. The van der Waals surface area contributed by atoms with E-state index in [0.29, 0.717) is 11.5 Å². The summed E-state index contributed by atoms with van der Waals surface area (Å²) in [7, 11) is -0.922. The Bertz CT molecular complexity index is 919. The molecule has 0 radical (unpaired) electrons. The highest BCUT2D eigenvalue weighted by Crippen LogP contribution is 2.27. The van der Waals surface area contributed by atoms with Gasteiger partial charge in [-0.1, -0.05) is 33.8 Å². The summed E-state index contributed by atoms with van der Waals surface area (Å²) in [6.45, 7) is 0.102. The van der Waals surface area contributed by atoms with Crippen molar-refractivity contribution in [3.63, 3.8) is 0 Å². The smallest absolute Gasteiger partial charge is 0.245 e. The molecule has 0 atom stereocenters. The Labute approximate surface area is 161 Å². The first-order valence-electron chi connectivity index (χ1n) is 7.52. The second-order valence-electron chi connectivity index (χ2n) is 4.94. The molecule has 2 aromatic carbocycles. The number of halogens is 1. The molecule has 0 bridgehead atoms. The molecule has 0 aliphatic heterocycles. The van der Waals surface area contributed by atoms with Gasteiger partial charge in [0.05, 0.1) is 20.8 Å². The predicted octanol–water partition coefficient (Wildman–Crippen LogP) is 2.83. The molecule has 0 spiro atoms. The summed E-state index contributed by atoms with van der Waals surface area (Å²) in [5, 5.41) is 0. The molecule has 0 amide bonds. The Balaban J connectivity index is 1.95. The fourth-order valence-corrected chi connectivity index (χ4v) is 3.48. The summed E-state index contributed by atoms with van der Waals surface area (Å²) in [5.41, 5.74) is 0. The lowest BCUT2D eigenvalue weighted by Crippen LogP contribution is -2.24. The molecular weight excluding hydrogens is 422 g/mol. The van der Waals surface area contributed by atoms with Crippen LogP contribution in [0.25, 0.3) is 0 Å². The highest BCUT2D eigenvalue weighted by Gasteiger charge is 2.19. The van der Waals surface area contributed by atoms with E-state index in [4.69, 9.17) is 14.2 Å². The van der Waals surface area contributed by atoms with Crippen molar-refractivity contribution in [1.82, 2.24) is 4.72 Å². The van der Waals surface area contributed by atoms with Crippen LogP contribution >= 0.6 is 15.9 Å². The highest BCUT2D eigenvalue weighted by atomic mass is 79.9. The van der Waals surface area contributed by atoms with E-state index in [1.165, 1.54) is 26.4 Å². The van der Waals surface area contributed by atoms with Crippen molar-refractivity contribution in [3.05, 3.63) is 46.9 Å². The number of rotatable bonds is 7. The third-order valence-corrected chi connectivity index (χ3v) is 5.16. The quantitative estimate of drug-likeness (QED) is 0.671. The van der Waals surface area contributed by atoms with Gasteiger partial charge < -0.3 is 14.2 Å². The summed E-state index contributed by atoms with van der Waals surface area (Å²) in [6, 6.07) is 11.9. The Hall–Kier alpha value is -2.21. The number of sulfonamides is 1. The second kappa shape index (κ2) is 9.48. The molecule has 138 valence electrons. The normalized spacial score (nSPS) is 10.6. The average molecular weight is 440 g/mol. The third-order valence-electron chi connectivity index (χ3n) is 3.24. The fraction of sp³-hybridized carbons (Fsp3) is 0.222. The van der Waals surface area contributed by atoms with E-state index in [2.05, 4.69) is 32.5 Å². The van der Waals surface area contributed by atoms with Crippen molar-refractivity contribution in [1.29, 1.82) is 0 Å². The van der Waals surface area contributed by atoms with Gasteiger partial charge in [-0.25, -0.2) is 8.42 Å². The van der Waals surface area contributed by atoms with Gasteiger partial charge >= 0.3 is 0 Å². The van der Waals surface area contributed by atoms with Crippen LogP contribution in [0.5, 0.6) is 17.2 Å². The first kappa shape index (κ1) is 20.1.